The Morgan fingerprint density at radius 1 is 1.00 bits per heavy atom. The van der Waals surface area contributed by atoms with Crippen LogP contribution in [-0.2, 0) is 0 Å². The molecule has 0 saturated carbocycles. The number of nitrogens with zero attached hydrogens (tertiary/aromatic N) is 1. The van der Waals surface area contributed by atoms with Crippen molar-refractivity contribution in [3.05, 3.63) is 70.8 Å². The molecule has 3 rings (SSSR count). The minimum atomic E-state index is -0.0672. The highest BCUT2D eigenvalue weighted by Crippen LogP contribution is 2.16. The molecule has 0 unspecified atom stereocenters. The number of benzene rings is 1. The molecule has 0 radical (unpaired) electrons. The zero-order chi connectivity index (χ0) is 12.5. The summed E-state index contributed by atoms with van der Waals surface area (Å²) < 4.78 is 1.85. The van der Waals surface area contributed by atoms with E-state index in [9.17, 15) is 4.79 Å². The zero-order valence-electron chi connectivity index (χ0n) is 10.4. The van der Waals surface area contributed by atoms with Crippen molar-refractivity contribution < 1.29 is 17.0 Å². The lowest BCUT2D eigenvalue weighted by atomic mass is 10.1. The number of aryl methyl sites for hydroxylation is 1. The van der Waals surface area contributed by atoms with Gasteiger partial charge in [0.25, 0.3) is 5.69 Å². The van der Waals surface area contributed by atoms with Crippen molar-refractivity contribution in [2.75, 3.05) is 0 Å². The number of aromatic nitrogens is 2. The number of para-hydroxylation sites is 1. The fourth-order valence-corrected chi connectivity index (χ4v) is 2.26. The highest BCUT2D eigenvalue weighted by Gasteiger charge is 2.16. The first-order valence-corrected chi connectivity index (χ1v) is 5.85. The van der Waals surface area contributed by atoms with E-state index < -0.39 is 0 Å². The Morgan fingerprint density at radius 2 is 1.68 bits per heavy atom. The molecule has 0 saturated heterocycles. The fraction of sp³-hybridized carbons (Fsp3) is 0.0667. The van der Waals surface area contributed by atoms with E-state index in [1.165, 1.54) is 0 Å². The van der Waals surface area contributed by atoms with Crippen LogP contribution in [0.5, 0.6) is 0 Å². The number of hydrogen-bond acceptors (Lipinski definition) is 1. The molecule has 1 aromatic carbocycles. The summed E-state index contributed by atoms with van der Waals surface area (Å²) in [5, 5.41) is 1.07. The van der Waals surface area contributed by atoms with Crippen molar-refractivity contribution >= 4 is 10.9 Å². The van der Waals surface area contributed by atoms with Crippen LogP contribution in [0.15, 0.2) is 59.7 Å². The van der Waals surface area contributed by atoms with E-state index in [-0.39, 0.29) is 18.0 Å². The Labute approximate surface area is 116 Å². The molecule has 1 N–H and O–H groups in total. The maximum Gasteiger partial charge on any atom is 0.321 e. The van der Waals surface area contributed by atoms with Crippen LogP contribution in [0.1, 0.15) is 5.56 Å². The molecule has 3 nitrogen and oxygen atoms in total. The summed E-state index contributed by atoms with van der Waals surface area (Å²) in [6.07, 6.45) is 3.76. The smallest absolute Gasteiger partial charge is 0.321 e. The Hall–Kier alpha value is -2.13. The van der Waals surface area contributed by atoms with Crippen molar-refractivity contribution in [1.82, 2.24) is 4.98 Å². The molecule has 0 aliphatic carbocycles. The molecular formula is C15H13ClN2O. The predicted molar refractivity (Wildman–Crippen MR) is 70.8 cm³/mol. The fourth-order valence-electron chi connectivity index (χ4n) is 2.26. The Bertz CT molecular complexity index is 766. The van der Waals surface area contributed by atoms with E-state index >= 15 is 0 Å². The molecule has 3 aromatic rings. The Kier molecular flexibility index (Phi) is 3.67. The SMILES string of the molecule is Cc1c(-[n+]2ccccc2)c(=O)[nH]c2ccccc12.[Cl-]. The number of aromatic amines is 1. The molecule has 0 atom stereocenters. The number of hydrogen-bond donors (Lipinski definition) is 1. The van der Waals surface area contributed by atoms with Crippen LogP contribution in [0.4, 0.5) is 0 Å². The van der Waals surface area contributed by atoms with Gasteiger partial charge in [-0.2, -0.15) is 4.57 Å². The number of pyridine rings is 2. The molecule has 0 aliphatic heterocycles. The van der Waals surface area contributed by atoms with Gasteiger partial charge in [-0.1, -0.05) is 24.3 Å². The lowest BCUT2D eigenvalue weighted by Crippen LogP contribution is -3.00. The van der Waals surface area contributed by atoms with Crippen molar-refractivity contribution in [3.8, 4) is 5.69 Å². The summed E-state index contributed by atoms with van der Waals surface area (Å²) in [6.45, 7) is 1.98. The normalized spacial score (nSPS) is 10.2. The van der Waals surface area contributed by atoms with Gasteiger partial charge < -0.3 is 17.4 Å². The van der Waals surface area contributed by atoms with Gasteiger partial charge in [0.1, 0.15) is 0 Å². The van der Waals surface area contributed by atoms with Crippen LogP contribution in [0.3, 0.4) is 0 Å². The first-order chi connectivity index (χ1) is 8.77. The lowest BCUT2D eigenvalue weighted by Gasteiger charge is -2.03. The number of fused-ring (bicyclic) bond motifs is 1. The van der Waals surface area contributed by atoms with E-state index in [0.717, 1.165) is 16.5 Å². The summed E-state index contributed by atoms with van der Waals surface area (Å²) in [5.74, 6) is 0. The number of H-pyrrole nitrogens is 1. The summed E-state index contributed by atoms with van der Waals surface area (Å²) in [5.41, 5.74) is 2.47. The molecule has 96 valence electrons. The van der Waals surface area contributed by atoms with Gasteiger partial charge in [-0.15, -0.1) is 0 Å². The first kappa shape index (κ1) is 13.3. The van der Waals surface area contributed by atoms with E-state index in [2.05, 4.69) is 4.98 Å². The molecule has 2 heterocycles. The zero-order valence-corrected chi connectivity index (χ0v) is 11.2. The van der Waals surface area contributed by atoms with Gasteiger partial charge in [0.05, 0.1) is 0 Å². The monoisotopic (exact) mass is 272 g/mol. The van der Waals surface area contributed by atoms with Gasteiger partial charge in [-0.3, -0.25) is 4.79 Å². The molecule has 0 spiro atoms. The molecule has 0 fully saturated rings. The number of rotatable bonds is 1. The summed E-state index contributed by atoms with van der Waals surface area (Å²) >= 11 is 0. The van der Waals surface area contributed by atoms with Crippen LogP contribution in [0.25, 0.3) is 16.6 Å². The average Bonchev–Trinajstić information content (AvgIpc) is 2.40. The van der Waals surface area contributed by atoms with E-state index in [4.69, 9.17) is 0 Å². The summed E-state index contributed by atoms with van der Waals surface area (Å²) in [4.78, 5) is 15.1. The second kappa shape index (κ2) is 5.24. The Balaban J connectivity index is 0.00000133. The van der Waals surface area contributed by atoms with Crippen molar-refractivity contribution in [2.45, 2.75) is 6.92 Å². The maximum atomic E-state index is 12.2. The number of nitrogens with one attached hydrogen (secondary N) is 1. The van der Waals surface area contributed by atoms with Crippen LogP contribution >= 0.6 is 0 Å². The Morgan fingerprint density at radius 3 is 2.42 bits per heavy atom. The topological polar surface area (TPSA) is 36.7 Å². The van der Waals surface area contributed by atoms with Gasteiger partial charge in [0, 0.05) is 28.6 Å². The molecule has 19 heavy (non-hydrogen) atoms. The summed E-state index contributed by atoms with van der Waals surface area (Å²) in [7, 11) is 0. The van der Waals surface area contributed by atoms with Gasteiger partial charge in [0.2, 0.25) is 0 Å². The minimum absolute atomic E-state index is 0. The largest absolute Gasteiger partial charge is 1.00 e. The first-order valence-electron chi connectivity index (χ1n) is 5.85. The maximum absolute atomic E-state index is 12.2. The van der Waals surface area contributed by atoms with Crippen molar-refractivity contribution in [3.63, 3.8) is 0 Å². The van der Waals surface area contributed by atoms with Crippen LogP contribution in [-0.4, -0.2) is 4.98 Å². The van der Waals surface area contributed by atoms with Gasteiger partial charge in [-0.25, -0.2) is 0 Å². The van der Waals surface area contributed by atoms with E-state index in [1.54, 1.807) is 0 Å². The van der Waals surface area contributed by atoms with Gasteiger partial charge in [-0.05, 0) is 13.0 Å². The van der Waals surface area contributed by atoms with Crippen molar-refractivity contribution in [1.29, 1.82) is 0 Å². The highest BCUT2D eigenvalue weighted by atomic mass is 35.5. The quantitative estimate of drug-likeness (QED) is 0.574. The third-order valence-electron chi connectivity index (χ3n) is 3.12. The van der Waals surface area contributed by atoms with Crippen LogP contribution < -0.4 is 22.5 Å². The molecule has 0 amide bonds. The van der Waals surface area contributed by atoms with Crippen LogP contribution in [0.2, 0.25) is 0 Å². The molecular weight excluding hydrogens is 260 g/mol. The van der Waals surface area contributed by atoms with E-state index in [1.807, 2.05) is 66.3 Å². The molecule has 4 heteroatoms. The van der Waals surface area contributed by atoms with Gasteiger partial charge in [0.15, 0.2) is 12.4 Å². The second-order valence-corrected chi connectivity index (χ2v) is 4.26. The van der Waals surface area contributed by atoms with Gasteiger partial charge >= 0.3 is 5.56 Å². The minimum Gasteiger partial charge on any atom is -1.00 e. The highest BCUT2D eigenvalue weighted by molar-refractivity contribution is 5.83. The third-order valence-corrected chi connectivity index (χ3v) is 3.12. The lowest BCUT2D eigenvalue weighted by molar-refractivity contribution is -0.597. The van der Waals surface area contributed by atoms with Crippen molar-refractivity contribution in [2.24, 2.45) is 0 Å². The average molecular weight is 273 g/mol. The molecule has 2 aromatic heterocycles. The summed E-state index contributed by atoms with van der Waals surface area (Å²) in [6, 6.07) is 13.6. The van der Waals surface area contributed by atoms with E-state index in [0.29, 0.717) is 5.69 Å². The second-order valence-electron chi connectivity index (χ2n) is 4.26. The van der Waals surface area contributed by atoms with Crippen LogP contribution in [0, 0.1) is 6.92 Å². The molecule has 0 aliphatic rings. The number of halogens is 1. The molecule has 0 bridgehead atoms. The predicted octanol–water partition coefficient (Wildman–Crippen LogP) is -0.883. The standard InChI is InChI=1S/C15H12N2O.ClH/c1-11-12-7-3-4-8-13(12)16-15(18)14(11)17-9-5-2-6-10-17;/h2-10H,1H3;1H. The third kappa shape index (κ3) is 2.25.